The van der Waals surface area contributed by atoms with Gasteiger partial charge in [-0.05, 0) is 74.0 Å². The number of halogens is 1. The summed E-state index contributed by atoms with van der Waals surface area (Å²) >= 11 is 0. The molecule has 2 aromatic carbocycles. The van der Waals surface area contributed by atoms with Crippen LogP contribution in [0, 0.1) is 11.7 Å². The molecule has 1 aliphatic rings. The summed E-state index contributed by atoms with van der Waals surface area (Å²) in [6.45, 7) is -13.3. The van der Waals surface area contributed by atoms with Crippen molar-refractivity contribution >= 4 is 6.03 Å². The largest absolute Gasteiger partial charge is 0.493 e. The lowest BCUT2D eigenvalue weighted by Crippen LogP contribution is -2.49. The van der Waals surface area contributed by atoms with Crippen molar-refractivity contribution in [1.82, 2.24) is 15.1 Å². The van der Waals surface area contributed by atoms with Crippen LogP contribution in [0.1, 0.15) is 63.9 Å². The first-order valence-corrected chi connectivity index (χ1v) is 9.34. The maximum atomic E-state index is 14.3. The maximum absolute atomic E-state index is 14.3. The number of benzene rings is 2. The molecule has 3 rings (SSSR count). The second kappa shape index (κ2) is 11.1. The number of likely N-dealkylation sites (tertiary alicyclic amines) is 1. The zero-order valence-electron chi connectivity index (χ0n) is 35.9. The van der Waals surface area contributed by atoms with E-state index >= 15 is 0 Å². The molecule has 31 heavy (non-hydrogen) atoms. The maximum Gasteiger partial charge on any atom is 0.318 e. The minimum atomic E-state index is -3.33. The Morgan fingerprint density at radius 1 is 1.26 bits per heavy atom. The lowest BCUT2D eigenvalue weighted by molar-refractivity contribution is 0.127. The molecule has 6 heteroatoms. The molecule has 2 aromatic rings. The Hall–Kier alpha value is -2.60. The van der Waals surface area contributed by atoms with Gasteiger partial charge in [0.1, 0.15) is 11.6 Å². The van der Waals surface area contributed by atoms with Gasteiger partial charge >= 0.3 is 6.03 Å². The second-order valence-electron chi connectivity index (χ2n) is 6.77. The normalized spacial score (nSPS) is 28.6. The first kappa shape index (κ1) is 8.74. The molecule has 1 aliphatic heterocycles. The molecule has 1 N–H and O–H groups in total. The van der Waals surface area contributed by atoms with E-state index in [0.29, 0.717) is 4.90 Å². The van der Waals surface area contributed by atoms with Gasteiger partial charge in [-0.15, -0.1) is 0 Å². The van der Waals surface area contributed by atoms with E-state index < -0.39 is 141 Å². The van der Waals surface area contributed by atoms with Gasteiger partial charge in [0.2, 0.25) is 0 Å². The Balaban J connectivity index is 2.18. The third kappa shape index (κ3) is 7.24. The molecule has 168 valence electrons. The Labute approximate surface area is 211 Å². The molecule has 0 atom stereocenters. The Kier molecular flexibility index (Phi) is 3.14. The summed E-state index contributed by atoms with van der Waals surface area (Å²) in [6.07, 6.45) is -1.90. The summed E-state index contributed by atoms with van der Waals surface area (Å²) < 4.78 is 175. The molecule has 2 amide bonds. The van der Waals surface area contributed by atoms with Crippen LogP contribution in [0.4, 0.5) is 9.18 Å². The Bertz CT molecular complexity index is 1590. The summed E-state index contributed by atoms with van der Waals surface area (Å²) in [7, 11) is 0. The molecule has 0 aromatic heterocycles. The number of piperidine rings is 1. The number of rotatable bonds is 8. The number of urea groups is 1. The number of ether oxygens (including phenoxy) is 1. The van der Waals surface area contributed by atoms with E-state index in [-0.39, 0.29) is 4.90 Å². The summed E-state index contributed by atoms with van der Waals surface area (Å²) in [6, 6.07) is -11.7. The van der Waals surface area contributed by atoms with E-state index in [0.717, 1.165) is 0 Å². The smallest absolute Gasteiger partial charge is 0.318 e. The molecule has 0 radical (unpaired) electrons. The molecule has 0 spiro atoms. The van der Waals surface area contributed by atoms with Crippen LogP contribution in [0.5, 0.6) is 5.75 Å². The van der Waals surface area contributed by atoms with Gasteiger partial charge in [-0.3, -0.25) is 0 Å². The minimum absolute atomic E-state index is 0.0258. The zero-order valence-corrected chi connectivity index (χ0v) is 16.9. The van der Waals surface area contributed by atoms with E-state index in [9.17, 15) is 9.18 Å². The number of amides is 2. The van der Waals surface area contributed by atoms with Gasteiger partial charge in [-0.2, -0.15) is 0 Å². The molecule has 1 heterocycles. The van der Waals surface area contributed by atoms with Crippen LogP contribution >= 0.6 is 0 Å². The molecular weight excluding hydrogens is 393 g/mol. The van der Waals surface area contributed by atoms with Crippen molar-refractivity contribution in [1.29, 1.82) is 0 Å². The zero-order chi connectivity index (χ0) is 38.9. The van der Waals surface area contributed by atoms with E-state index in [1.807, 2.05) is 5.32 Å². The van der Waals surface area contributed by atoms with Crippen LogP contribution in [0.3, 0.4) is 0 Å². The lowest BCUT2D eigenvalue weighted by atomic mass is 10.0. The summed E-state index contributed by atoms with van der Waals surface area (Å²) in [4.78, 5) is 14.4. The highest BCUT2D eigenvalue weighted by Crippen LogP contribution is 2.19. The van der Waals surface area contributed by atoms with Crippen molar-refractivity contribution < 1.29 is 40.0 Å². The molecule has 0 bridgehead atoms. The Morgan fingerprint density at radius 3 is 2.52 bits per heavy atom. The minimum Gasteiger partial charge on any atom is -0.493 e. The van der Waals surface area contributed by atoms with Gasteiger partial charge in [-0.1, -0.05) is 38.0 Å². The monoisotopic (exact) mass is 446 g/mol. The van der Waals surface area contributed by atoms with Crippen LogP contribution in [0.15, 0.2) is 48.3 Å². The second-order valence-corrected chi connectivity index (χ2v) is 6.77. The SMILES string of the molecule is [2H]c1c([2H])c(CN(C(=O)NC([2H])([2H])c2c([2H])c([2H])c(OC([2H])([2H])C(C)C)c([2H])c2[2H])C2CC([2H])([2H])N(C([2H])([2H])[2H])C([2H])([2H])C2)c([2H])c([2H])c1F. The highest BCUT2D eigenvalue weighted by Gasteiger charge is 2.27. The number of hydrogen-bond acceptors (Lipinski definition) is 3. The third-order valence-electron chi connectivity index (χ3n) is 3.94. The lowest BCUT2D eigenvalue weighted by Gasteiger charge is -2.37. The van der Waals surface area contributed by atoms with E-state index in [4.69, 9.17) is 30.8 Å². The Morgan fingerprint density at radius 2 is 1.90 bits per heavy atom. The summed E-state index contributed by atoms with van der Waals surface area (Å²) in [5, 5.41) is 1.83. The third-order valence-corrected chi connectivity index (χ3v) is 3.94. The summed E-state index contributed by atoms with van der Waals surface area (Å²) in [5.41, 5.74) is -1.71. The van der Waals surface area contributed by atoms with Crippen molar-refractivity contribution in [3.8, 4) is 5.75 Å². The molecule has 1 fully saturated rings. The number of nitrogens with zero attached hydrogens (tertiary/aromatic N) is 2. The highest BCUT2D eigenvalue weighted by molar-refractivity contribution is 5.74. The van der Waals surface area contributed by atoms with E-state index in [1.54, 1.807) is 0 Å². The first-order chi connectivity index (χ1) is 22.4. The molecule has 0 aliphatic carbocycles. The fraction of sp³-hybridized carbons (Fsp3) is 0.480. The van der Waals surface area contributed by atoms with Crippen LogP contribution in [0.25, 0.3) is 0 Å². The topological polar surface area (TPSA) is 44.8 Å². The van der Waals surface area contributed by atoms with Gasteiger partial charge in [0.15, 0.2) is 0 Å². The number of carbonyl (C=O) groups excluding carboxylic acids is 1. The van der Waals surface area contributed by atoms with Gasteiger partial charge < -0.3 is 19.9 Å². The molecule has 5 nitrogen and oxygen atoms in total. The van der Waals surface area contributed by atoms with Crippen LogP contribution < -0.4 is 10.1 Å². The molecule has 0 saturated carbocycles. The predicted molar refractivity (Wildman–Crippen MR) is 121 cm³/mol. The predicted octanol–water partition coefficient (Wildman–Crippen LogP) is 4.67. The van der Waals surface area contributed by atoms with Crippen molar-refractivity contribution in [2.45, 2.75) is 45.8 Å². The van der Waals surface area contributed by atoms with Crippen molar-refractivity contribution in [3.05, 3.63) is 65.3 Å². The number of hydrogen-bond donors (Lipinski definition) is 1. The number of nitrogens with one attached hydrogen (secondary N) is 1. The molecular formula is C25H34FN3O2. The van der Waals surface area contributed by atoms with E-state index in [1.165, 1.54) is 13.8 Å². The average molecular weight is 447 g/mol. The average Bonchev–Trinajstić information content (AvgIpc) is 2.93. The van der Waals surface area contributed by atoms with Crippen LogP contribution in [-0.4, -0.2) is 48.4 Å². The number of carbonyl (C=O) groups is 1. The van der Waals surface area contributed by atoms with Crippen molar-refractivity contribution in [3.63, 3.8) is 0 Å². The van der Waals surface area contributed by atoms with Crippen molar-refractivity contribution in [2.75, 3.05) is 26.5 Å². The fourth-order valence-electron chi connectivity index (χ4n) is 2.46. The van der Waals surface area contributed by atoms with Gasteiger partial charge in [0, 0.05) is 28.7 Å². The van der Waals surface area contributed by atoms with Gasteiger partial charge in [-0.25, -0.2) is 9.18 Å². The van der Waals surface area contributed by atoms with Gasteiger partial charge in [0.25, 0.3) is 0 Å². The molecule has 0 unspecified atom stereocenters. The highest BCUT2D eigenvalue weighted by atomic mass is 19.1. The quantitative estimate of drug-likeness (QED) is 0.641. The summed E-state index contributed by atoms with van der Waals surface area (Å²) in [5.74, 6) is -3.21. The standard InChI is InChI=1S/C25H34FN3O2/c1-19(2)18-31-24-10-6-20(7-11-24)16-27-25(30)29(23-12-14-28(3)15-13-23)17-21-4-8-22(26)9-5-21/h4-11,19,23H,12-18H2,1-3H3,(H,27,30)/i3D3,4D,5D,6D,7D,8D,9D,10D,11D,14D2,15D2,16D2,18D2. The fourth-order valence-corrected chi connectivity index (χ4v) is 2.46. The first-order valence-electron chi connectivity index (χ1n) is 18.8. The van der Waals surface area contributed by atoms with Gasteiger partial charge in [0.05, 0.1) is 23.0 Å². The molecule has 1 saturated heterocycles. The van der Waals surface area contributed by atoms with E-state index in [2.05, 4.69) is 0 Å². The van der Waals surface area contributed by atoms with Crippen LogP contribution in [0.2, 0.25) is 0 Å². The van der Waals surface area contributed by atoms with Crippen molar-refractivity contribution in [2.24, 2.45) is 5.92 Å². The van der Waals surface area contributed by atoms with Crippen LogP contribution in [-0.2, 0) is 13.0 Å².